The molecule has 0 saturated heterocycles. The number of rotatable bonds is 2. The van der Waals surface area contributed by atoms with Crippen LogP contribution in [0.3, 0.4) is 0 Å². The van der Waals surface area contributed by atoms with Gasteiger partial charge in [-0.05, 0) is 24.6 Å². The Kier molecular flexibility index (Phi) is 3.37. The smallest absolute Gasteiger partial charge is 0.252 e. The molecule has 0 fully saturated rings. The van der Waals surface area contributed by atoms with Crippen LogP contribution >= 0.6 is 0 Å². The molecule has 0 spiro atoms. The number of methoxy groups -OCH3 is 1. The normalized spacial score (nSPS) is 22.3. The van der Waals surface area contributed by atoms with E-state index in [0.717, 1.165) is 54.7 Å². The Bertz CT molecular complexity index is 1630. The number of aromatic nitrogens is 2. The lowest BCUT2D eigenvalue weighted by molar-refractivity contribution is -0.119. The topological polar surface area (TPSA) is 68.4 Å². The van der Waals surface area contributed by atoms with Crippen molar-refractivity contribution in [2.24, 2.45) is 5.92 Å². The average molecular weight is 425 g/mol. The van der Waals surface area contributed by atoms with Crippen LogP contribution < -0.4 is 5.32 Å². The first-order valence-corrected chi connectivity index (χ1v) is 11.0. The lowest BCUT2D eigenvalue weighted by Gasteiger charge is -2.37. The number of carbonyl (C=O) groups is 1. The SMILES string of the molecule is CO[C@@]1(C)[C@@H](CO)Cn2c3ccccc3c3c4c(c5c6ccccc6n1c5c32)CNC4=O. The van der Waals surface area contributed by atoms with Crippen LogP contribution in [0.25, 0.3) is 43.6 Å². The Balaban J connectivity index is 1.89. The fraction of sp³-hybridized carbons (Fsp3) is 0.269. The monoisotopic (exact) mass is 425 g/mol. The third kappa shape index (κ3) is 1.88. The molecule has 6 nitrogen and oxygen atoms in total. The largest absolute Gasteiger partial charge is 0.396 e. The summed E-state index contributed by atoms with van der Waals surface area (Å²) in [6.45, 7) is 3.16. The van der Waals surface area contributed by atoms with Crippen LogP contribution in [0.1, 0.15) is 22.8 Å². The van der Waals surface area contributed by atoms with Gasteiger partial charge in [-0.15, -0.1) is 0 Å². The average Bonchev–Trinajstić information content (AvgIpc) is 3.44. The van der Waals surface area contributed by atoms with Gasteiger partial charge in [-0.3, -0.25) is 4.79 Å². The first-order chi connectivity index (χ1) is 15.6. The summed E-state index contributed by atoms with van der Waals surface area (Å²) in [5, 5.41) is 17.9. The second-order valence-corrected chi connectivity index (χ2v) is 9.10. The van der Waals surface area contributed by atoms with E-state index in [-0.39, 0.29) is 18.4 Å². The second kappa shape index (κ2) is 5.91. The van der Waals surface area contributed by atoms with Crippen molar-refractivity contribution >= 4 is 49.5 Å². The molecule has 4 heterocycles. The van der Waals surface area contributed by atoms with E-state index in [4.69, 9.17) is 4.74 Å². The Morgan fingerprint density at radius 1 is 1.06 bits per heavy atom. The zero-order valence-electron chi connectivity index (χ0n) is 18.0. The van der Waals surface area contributed by atoms with Gasteiger partial charge in [0, 0.05) is 53.2 Å². The van der Waals surface area contributed by atoms with Crippen LogP contribution in [-0.4, -0.2) is 33.9 Å². The maximum atomic E-state index is 13.1. The molecule has 0 saturated carbocycles. The predicted molar refractivity (Wildman–Crippen MR) is 125 cm³/mol. The summed E-state index contributed by atoms with van der Waals surface area (Å²) in [5.74, 6) is -0.194. The number of hydrogen-bond donors (Lipinski definition) is 2. The summed E-state index contributed by atoms with van der Waals surface area (Å²) in [6, 6.07) is 16.6. The Morgan fingerprint density at radius 3 is 2.47 bits per heavy atom. The number of benzene rings is 3. The highest BCUT2D eigenvalue weighted by molar-refractivity contribution is 6.30. The van der Waals surface area contributed by atoms with E-state index in [9.17, 15) is 9.90 Å². The maximum absolute atomic E-state index is 13.1. The van der Waals surface area contributed by atoms with E-state index < -0.39 is 5.72 Å². The van der Waals surface area contributed by atoms with Crippen molar-refractivity contribution in [1.29, 1.82) is 0 Å². The van der Waals surface area contributed by atoms with E-state index >= 15 is 0 Å². The maximum Gasteiger partial charge on any atom is 0.252 e. The fourth-order valence-corrected chi connectivity index (χ4v) is 6.24. The van der Waals surface area contributed by atoms with Crippen molar-refractivity contribution in [3.8, 4) is 0 Å². The number of para-hydroxylation sites is 2. The molecule has 0 aliphatic carbocycles. The van der Waals surface area contributed by atoms with Gasteiger partial charge in [-0.1, -0.05) is 36.4 Å². The number of carbonyl (C=O) groups excluding carboxylic acids is 1. The summed E-state index contributed by atoms with van der Waals surface area (Å²) in [7, 11) is 1.72. The summed E-state index contributed by atoms with van der Waals surface area (Å²) >= 11 is 0. The fourth-order valence-electron chi connectivity index (χ4n) is 6.24. The summed E-state index contributed by atoms with van der Waals surface area (Å²) < 4.78 is 10.8. The highest BCUT2D eigenvalue weighted by atomic mass is 16.5. The minimum Gasteiger partial charge on any atom is -0.396 e. The minimum atomic E-state index is -0.757. The Labute approximate surface area is 184 Å². The van der Waals surface area contributed by atoms with Crippen LogP contribution in [0.4, 0.5) is 0 Å². The molecule has 2 N–H and O–H groups in total. The van der Waals surface area contributed by atoms with Gasteiger partial charge in [0.2, 0.25) is 0 Å². The molecule has 0 bridgehead atoms. The van der Waals surface area contributed by atoms with Gasteiger partial charge in [0.05, 0.1) is 28.7 Å². The van der Waals surface area contributed by atoms with Crippen molar-refractivity contribution in [3.63, 3.8) is 0 Å². The van der Waals surface area contributed by atoms with Crippen LogP contribution in [0.5, 0.6) is 0 Å². The summed E-state index contributed by atoms with van der Waals surface area (Å²) in [5.41, 5.74) is 5.34. The number of ether oxygens (including phenoxy) is 1. The number of aliphatic hydroxyl groups is 1. The molecular formula is C26H23N3O3. The molecule has 3 aromatic carbocycles. The van der Waals surface area contributed by atoms with Crippen molar-refractivity contribution in [2.45, 2.75) is 25.7 Å². The zero-order valence-corrected chi connectivity index (χ0v) is 18.0. The van der Waals surface area contributed by atoms with Gasteiger partial charge in [0.15, 0.2) is 0 Å². The third-order valence-electron chi connectivity index (χ3n) is 7.81. The van der Waals surface area contributed by atoms with Crippen molar-refractivity contribution < 1.29 is 14.6 Å². The Hall–Kier alpha value is -3.35. The van der Waals surface area contributed by atoms with Gasteiger partial charge in [0.1, 0.15) is 5.72 Å². The molecule has 0 radical (unpaired) electrons. The van der Waals surface area contributed by atoms with Crippen LogP contribution in [-0.2, 0) is 23.6 Å². The quantitative estimate of drug-likeness (QED) is 0.448. The molecule has 5 aromatic rings. The molecule has 2 aromatic heterocycles. The highest BCUT2D eigenvalue weighted by Crippen LogP contribution is 2.49. The molecule has 32 heavy (non-hydrogen) atoms. The lowest BCUT2D eigenvalue weighted by Crippen LogP contribution is -2.43. The van der Waals surface area contributed by atoms with E-state index in [2.05, 4.69) is 45.6 Å². The van der Waals surface area contributed by atoms with Crippen LogP contribution in [0.15, 0.2) is 48.5 Å². The van der Waals surface area contributed by atoms with Crippen LogP contribution in [0, 0.1) is 5.92 Å². The van der Waals surface area contributed by atoms with E-state index in [1.165, 1.54) is 0 Å². The van der Waals surface area contributed by atoms with Gasteiger partial charge < -0.3 is 24.3 Å². The molecule has 2 aliphatic heterocycles. The minimum absolute atomic E-state index is 0.0134. The van der Waals surface area contributed by atoms with Gasteiger partial charge >= 0.3 is 0 Å². The number of amides is 1. The predicted octanol–water partition coefficient (Wildman–Crippen LogP) is 4.09. The van der Waals surface area contributed by atoms with Crippen molar-refractivity contribution in [3.05, 3.63) is 59.7 Å². The molecule has 2 atom stereocenters. The number of aliphatic hydroxyl groups excluding tert-OH is 1. The summed E-state index contributed by atoms with van der Waals surface area (Å²) in [6.07, 6.45) is 0. The van der Waals surface area contributed by atoms with E-state index in [0.29, 0.717) is 13.1 Å². The highest BCUT2D eigenvalue weighted by Gasteiger charge is 2.43. The molecule has 7 rings (SSSR count). The Morgan fingerprint density at radius 2 is 1.75 bits per heavy atom. The molecule has 2 aliphatic rings. The molecule has 6 heteroatoms. The van der Waals surface area contributed by atoms with Crippen molar-refractivity contribution in [2.75, 3.05) is 13.7 Å². The van der Waals surface area contributed by atoms with Gasteiger partial charge in [0.25, 0.3) is 5.91 Å². The molecule has 0 unspecified atom stereocenters. The first-order valence-electron chi connectivity index (χ1n) is 11.0. The van der Waals surface area contributed by atoms with E-state index in [1.54, 1.807) is 7.11 Å². The second-order valence-electron chi connectivity index (χ2n) is 9.10. The molecular weight excluding hydrogens is 402 g/mol. The first kappa shape index (κ1) is 18.2. The number of fused-ring (bicyclic) bond motifs is 9. The van der Waals surface area contributed by atoms with Gasteiger partial charge in [-0.2, -0.15) is 0 Å². The third-order valence-corrected chi connectivity index (χ3v) is 7.81. The molecule has 1 amide bonds. The summed E-state index contributed by atoms with van der Waals surface area (Å²) in [4.78, 5) is 13.1. The van der Waals surface area contributed by atoms with E-state index in [1.807, 2.05) is 24.3 Å². The molecule has 160 valence electrons. The zero-order chi connectivity index (χ0) is 21.8. The lowest BCUT2D eigenvalue weighted by atomic mass is 9.96. The number of nitrogens with one attached hydrogen (secondary N) is 1. The van der Waals surface area contributed by atoms with Crippen molar-refractivity contribution in [1.82, 2.24) is 14.5 Å². The van der Waals surface area contributed by atoms with Gasteiger partial charge in [-0.25, -0.2) is 0 Å². The number of nitrogens with zero attached hydrogens (tertiary/aromatic N) is 2. The van der Waals surface area contributed by atoms with Crippen LogP contribution in [0.2, 0.25) is 0 Å². The standard InChI is InChI=1S/C26H23N3O3/c1-26(32-2)14(13-30)12-28-18-9-5-3-7-15(18)21-22-17(11-27-25(22)31)20-16-8-4-6-10-19(16)29(26)24(20)23(21)28/h3-10,14,30H,11-13H2,1-2H3,(H,27,31)/t14-,26+/m1/s1. The number of hydrogen-bond acceptors (Lipinski definition) is 3.